The third-order valence-corrected chi connectivity index (χ3v) is 12.5. The Bertz CT molecular complexity index is 2310. The van der Waals surface area contributed by atoms with Gasteiger partial charge in [-0.2, -0.15) is 0 Å². The van der Waals surface area contributed by atoms with E-state index < -0.39 is 6.09 Å². The average Bonchev–Trinajstić information content (AvgIpc) is 3.54. The lowest BCUT2D eigenvalue weighted by Gasteiger charge is -2.41. The molecule has 0 spiro atoms. The van der Waals surface area contributed by atoms with E-state index in [0.717, 1.165) is 75.8 Å². The first kappa shape index (κ1) is 38.5. The number of amides is 3. The fourth-order valence-corrected chi connectivity index (χ4v) is 8.69. The number of aromatic nitrogens is 1. The minimum atomic E-state index is -0.421. The molecule has 1 N–H and O–H groups in total. The third-order valence-electron chi connectivity index (χ3n) is 11.7. The van der Waals surface area contributed by atoms with Crippen LogP contribution in [0.4, 0.5) is 10.5 Å². The number of rotatable bonds is 8. The number of para-hydroxylation sites is 1. The van der Waals surface area contributed by atoms with Crippen molar-refractivity contribution >= 4 is 35.4 Å². The highest BCUT2D eigenvalue weighted by molar-refractivity contribution is 7.98. The SMILES string of the molecule is CSc1ccc(OC(=O)N2CCc3cc(-c4cc(C(=O)Nc5ccccc5C)c(C)n4C)c(C(=O)N4Cc5ccccc5C[C@H]4CN4CCOCC4)cc3C2)cc1. The Hall–Kier alpha value is -5.36. The molecule has 3 aliphatic rings. The lowest BCUT2D eigenvalue weighted by molar-refractivity contribution is 0.0193. The van der Waals surface area contributed by atoms with E-state index in [1.165, 1.54) is 5.56 Å². The molecule has 0 bridgehead atoms. The van der Waals surface area contributed by atoms with Crippen molar-refractivity contribution in [2.24, 2.45) is 7.05 Å². The summed E-state index contributed by atoms with van der Waals surface area (Å²) >= 11 is 1.63. The smallest absolute Gasteiger partial charge is 0.410 e. The van der Waals surface area contributed by atoms with Gasteiger partial charge < -0.3 is 29.2 Å². The molecule has 0 saturated carbocycles. The highest BCUT2D eigenvalue weighted by atomic mass is 32.2. The number of nitrogens with zero attached hydrogens (tertiary/aromatic N) is 4. The van der Waals surface area contributed by atoms with Crippen molar-refractivity contribution in [3.8, 4) is 17.0 Å². The van der Waals surface area contributed by atoms with Crippen LogP contribution < -0.4 is 10.1 Å². The van der Waals surface area contributed by atoms with Crippen molar-refractivity contribution in [3.05, 3.63) is 136 Å². The molecule has 3 aliphatic heterocycles. The molecule has 1 fully saturated rings. The van der Waals surface area contributed by atoms with E-state index in [4.69, 9.17) is 9.47 Å². The average molecular weight is 784 g/mol. The van der Waals surface area contributed by atoms with Gasteiger partial charge in [-0.15, -0.1) is 11.8 Å². The van der Waals surface area contributed by atoms with Gasteiger partial charge in [-0.1, -0.05) is 42.5 Å². The summed E-state index contributed by atoms with van der Waals surface area (Å²) < 4.78 is 13.5. The van der Waals surface area contributed by atoms with Crippen LogP contribution in [-0.2, 0) is 37.7 Å². The molecular weight excluding hydrogens is 735 g/mol. The Balaban J connectivity index is 1.17. The predicted molar refractivity (Wildman–Crippen MR) is 224 cm³/mol. The molecule has 1 aromatic heterocycles. The Morgan fingerprint density at radius 2 is 1.56 bits per heavy atom. The van der Waals surface area contributed by atoms with Crippen LogP contribution in [0, 0.1) is 13.8 Å². The van der Waals surface area contributed by atoms with Crippen molar-refractivity contribution in [3.63, 3.8) is 0 Å². The van der Waals surface area contributed by atoms with Crippen LogP contribution in [0.3, 0.4) is 0 Å². The summed E-state index contributed by atoms with van der Waals surface area (Å²) in [5, 5.41) is 3.10. The van der Waals surface area contributed by atoms with E-state index in [1.54, 1.807) is 16.7 Å². The molecule has 3 amide bonds. The summed E-state index contributed by atoms with van der Waals surface area (Å²) in [6.07, 6.45) is 2.93. The number of hydrogen-bond donors (Lipinski definition) is 1. The first-order chi connectivity index (χ1) is 27.7. The van der Waals surface area contributed by atoms with Gasteiger partial charge in [-0.05, 0) is 109 Å². The molecule has 294 valence electrons. The zero-order valence-corrected chi connectivity index (χ0v) is 33.9. The maximum absolute atomic E-state index is 15.4. The van der Waals surface area contributed by atoms with Crippen molar-refractivity contribution in [2.75, 3.05) is 51.0 Å². The number of aryl methyl sites for hydroxylation is 1. The number of fused-ring (bicyclic) bond motifs is 2. The van der Waals surface area contributed by atoms with Gasteiger partial charge in [0.1, 0.15) is 5.75 Å². The van der Waals surface area contributed by atoms with E-state index >= 15 is 4.79 Å². The fraction of sp³-hybridized carbons (Fsp3) is 0.326. The van der Waals surface area contributed by atoms with Crippen LogP contribution in [-0.4, -0.2) is 88.9 Å². The lowest BCUT2D eigenvalue weighted by Crippen LogP contribution is -2.52. The number of nitrogens with one attached hydrogen (secondary N) is 1. The molecular formula is C46H49N5O5S. The van der Waals surface area contributed by atoms with Crippen LogP contribution in [0.15, 0.2) is 95.9 Å². The number of carbonyl (C=O) groups excluding carboxylic acids is 3. The first-order valence-corrected chi connectivity index (χ1v) is 20.9. The van der Waals surface area contributed by atoms with Gasteiger partial charge >= 0.3 is 6.09 Å². The van der Waals surface area contributed by atoms with E-state index in [9.17, 15) is 9.59 Å². The Morgan fingerprint density at radius 3 is 2.32 bits per heavy atom. The van der Waals surface area contributed by atoms with Crippen molar-refractivity contribution in [2.45, 2.75) is 50.7 Å². The van der Waals surface area contributed by atoms with Crippen LogP contribution in [0.5, 0.6) is 5.75 Å². The Labute approximate surface area is 338 Å². The highest BCUT2D eigenvalue weighted by Crippen LogP contribution is 2.36. The number of anilines is 1. The van der Waals surface area contributed by atoms with Crippen LogP contribution in [0.1, 0.15) is 54.2 Å². The summed E-state index contributed by atoms with van der Waals surface area (Å²) in [7, 11) is 1.95. The van der Waals surface area contributed by atoms with Gasteiger partial charge in [-0.25, -0.2) is 4.79 Å². The minimum Gasteiger partial charge on any atom is -0.410 e. The van der Waals surface area contributed by atoms with Gasteiger partial charge in [0.2, 0.25) is 0 Å². The summed E-state index contributed by atoms with van der Waals surface area (Å²) in [5.41, 5.74) is 9.57. The second-order valence-electron chi connectivity index (χ2n) is 15.2. The predicted octanol–water partition coefficient (Wildman–Crippen LogP) is 7.74. The third kappa shape index (κ3) is 8.10. The molecule has 0 aliphatic carbocycles. The molecule has 0 unspecified atom stereocenters. The van der Waals surface area contributed by atoms with E-state index in [0.29, 0.717) is 56.1 Å². The van der Waals surface area contributed by atoms with Crippen molar-refractivity contribution in [1.29, 1.82) is 0 Å². The summed E-state index contributed by atoms with van der Waals surface area (Å²) in [6.45, 7) is 8.95. The van der Waals surface area contributed by atoms with E-state index in [-0.39, 0.29) is 17.9 Å². The second-order valence-corrected chi connectivity index (χ2v) is 16.1. The van der Waals surface area contributed by atoms with Crippen LogP contribution >= 0.6 is 11.8 Å². The highest BCUT2D eigenvalue weighted by Gasteiger charge is 2.35. The van der Waals surface area contributed by atoms with Crippen molar-refractivity contribution in [1.82, 2.24) is 19.3 Å². The molecule has 1 atom stereocenters. The quantitative estimate of drug-likeness (QED) is 0.161. The van der Waals surface area contributed by atoms with Gasteiger partial charge in [0.15, 0.2) is 0 Å². The minimum absolute atomic E-state index is 0.0519. The monoisotopic (exact) mass is 783 g/mol. The molecule has 57 heavy (non-hydrogen) atoms. The van der Waals surface area contributed by atoms with Crippen LogP contribution in [0.25, 0.3) is 11.3 Å². The largest absolute Gasteiger partial charge is 0.415 e. The van der Waals surface area contributed by atoms with Crippen molar-refractivity contribution < 1.29 is 23.9 Å². The molecule has 10 nitrogen and oxygen atoms in total. The zero-order chi connectivity index (χ0) is 39.6. The van der Waals surface area contributed by atoms with Gasteiger partial charge in [0, 0.05) is 85.5 Å². The summed E-state index contributed by atoms with van der Waals surface area (Å²) in [5.74, 6) is 0.219. The molecule has 11 heteroatoms. The van der Waals surface area contributed by atoms with E-state index in [1.807, 2.05) is 103 Å². The van der Waals surface area contributed by atoms with Gasteiger partial charge in [-0.3, -0.25) is 14.5 Å². The number of hydrogen-bond acceptors (Lipinski definition) is 7. The standard InChI is InChI=1S/C46H49N5O5S/c1-30-9-5-8-12-42(30)47-44(52)39-26-43(48(3)31(39)2)40-24-33-17-18-50(46(54)56-37-13-15-38(57-4)16-14-37)27-35(33)25-41(40)45(53)51-28-34-11-7-6-10-32(34)23-36(51)29-49-19-21-55-22-20-49/h5-16,24-26,36H,17-23,27-29H2,1-4H3,(H,47,52)/t36-/m0/s1. The number of ether oxygens (including phenoxy) is 2. The number of morpholine rings is 1. The number of benzene rings is 4. The molecule has 4 heterocycles. The van der Waals surface area contributed by atoms with Gasteiger partial charge in [0.05, 0.1) is 18.8 Å². The normalized spacial score (nSPS) is 16.8. The topological polar surface area (TPSA) is 96.3 Å². The maximum Gasteiger partial charge on any atom is 0.415 e. The van der Waals surface area contributed by atoms with Crippen LogP contribution in [0.2, 0.25) is 0 Å². The number of thioether (sulfide) groups is 1. The molecule has 5 aromatic rings. The summed E-state index contributed by atoms with van der Waals surface area (Å²) in [6, 6.07) is 29.6. The van der Waals surface area contributed by atoms with E-state index in [2.05, 4.69) is 34.5 Å². The fourth-order valence-electron chi connectivity index (χ4n) is 8.28. The summed E-state index contributed by atoms with van der Waals surface area (Å²) in [4.78, 5) is 49.9. The molecule has 0 radical (unpaired) electrons. The first-order valence-electron chi connectivity index (χ1n) is 19.6. The molecule has 1 saturated heterocycles. The number of carbonyl (C=O) groups is 3. The Morgan fingerprint density at radius 1 is 0.825 bits per heavy atom. The zero-order valence-electron chi connectivity index (χ0n) is 33.0. The lowest BCUT2D eigenvalue weighted by atomic mass is 9.89. The molecule has 8 rings (SSSR count). The maximum atomic E-state index is 15.4. The Kier molecular flexibility index (Phi) is 11.2. The second kappa shape index (κ2) is 16.6. The van der Waals surface area contributed by atoms with Gasteiger partial charge in [0.25, 0.3) is 11.8 Å². The molecule has 4 aromatic carbocycles.